The molecule has 4 unspecified atom stereocenters. The number of nitrogens with zero attached hydrogens (tertiary/aromatic N) is 3. The van der Waals surface area contributed by atoms with Crippen LogP contribution in [0.3, 0.4) is 0 Å². The first-order chi connectivity index (χ1) is 18.9. The summed E-state index contributed by atoms with van der Waals surface area (Å²) in [5.74, 6) is 0. The third kappa shape index (κ3) is 4.98. The van der Waals surface area contributed by atoms with E-state index in [2.05, 4.69) is 10.7 Å². The first-order valence-electron chi connectivity index (χ1n) is 12.9. The molecule has 0 spiro atoms. The summed E-state index contributed by atoms with van der Waals surface area (Å²) in [6.45, 7) is 7.94. The number of nitrogens with one attached hydrogen (secondary N) is 1. The standard InChI is InChI=1S/C26H32N4O8S2/c1-15-11-29(12-16(2)37-15)39(33,34)19-5-7-21-23(9-19)25(27-31)22-8-6-20(10-24(22)26(21)28-32)40(35,36)30-13-17(3)38-18(4)14-30/h5-10,15-18,27,31H,11-14H2,1-4H3. The zero-order chi connectivity index (χ0) is 29.0. The fourth-order valence-electron chi connectivity index (χ4n) is 5.66. The highest BCUT2D eigenvalue weighted by molar-refractivity contribution is 7.89. The normalized spacial score (nSPS) is 25.3. The van der Waals surface area contributed by atoms with Gasteiger partial charge in [0.15, 0.2) is 0 Å². The molecule has 0 amide bonds. The molecular formula is C26H32N4O8S2. The van der Waals surface area contributed by atoms with Crippen molar-refractivity contribution in [2.24, 2.45) is 5.18 Å². The van der Waals surface area contributed by atoms with Crippen molar-refractivity contribution >= 4 is 53.0 Å². The second-order valence-electron chi connectivity index (χ2n) is 10.5. The first-order valence-corrected chi connectivity index (χ1v) is 15.8. The lowest BCUT2D eigenvalue weighted by Crippen LogP contribution is -2.48. The van der Waals surface area contributed by atoms with Crippen molar-refractivity contribution in [3.8, 4) is 0 Å². The van der Waals surface area contributed by atoms with Crippen molar-refractivity contribution in [2.75, 3.05) is 31.7 Å². The molecule has 0 saturated carbocycles. The minimum absolute atomic E-state index is 0.0243. The van der Waals surface area contributed by atoms with Crippen LogP contribution in [0.15, 0.2) is 51.4 Å². The van der Waals surface area contributed by atoms with Crippen LogP contribution < -0.4 is 5.48 Å². The smallest absolute Gasteiger partial charge is 0.243 e. The van der Waals surface area contributed by atoms with Crippen molar-refractivity contribution in [2.45, 2.75) is 61.9 Å². The monoisotopic (exact) mass is 592 g/mol. The van der Waals surface area contributed by atoms with Crippen LogP contribution in [0.2, 0.25) is 0 Å². The maximum atomic E-state index is 13.5. The summed E-state index contributed by atoms with van der Waals surface area (Å²) in [5.41, 5.74) is 2.18. The fourth-order valence-corrected chi connectivity index (χ4v) is 8.89. The molecular weight excluding hydrogens is 560 g/mol. The van der Waals surface area contributed by atoms with Crippen molar-refractivity contribution in [3.63, 3.8) is 0 Å². The Morgan fingerprint density at radius 2 is 1.15 bits per heavy atom. The van der Waals surface area contributed by atoms with Crippen molar-refractivity contribution in [1.29, 1.82) is 0 Å². The number of ether oxygens (including phenoxy) is 2. The lowest BCUT2D eigenvalue weighted by atomic mass is 9.99. The summed E-state index contributed by atoms with van der Waals surface area (Å²) >= 11 is 0. The molecule has 216 valence electrons. The van der Waals surface area contributed by atoms with Gasteiger partial charge in [0, 0.05) is 47.7 Å². The Labute approximate surface area is 232 Å². The van der Waals surface area contributed by atoms with Gasteiger partial charge in [0.1, 0.15) is 5.69 Å². The molecule has 5 rings (SSSR count). The molecule has 4 atom stereocenters. The van der Waals surface area contributed by atoms with Gasteiger partial charge < -0.3 is 9.47 Å². The van der Waals surface area contributed by atoms with Gasteiger partial charge >= 0.3 is 0 Å². The van der Waals surface area contributed by atoms with Crippen LogP contribution >= 0.6 is 0 Å². The maximum Gasteiger partial charge on any atom is 0.243 e. The van der Waals surface area contributed by atoms with Crippen LogP contribution in [0, 0.1) is 4.91 Å². The van der Waals surface area contributed by atoms with Gasteiger partial charge in [0.05, 0.1) is 39.9 Å². The van der Waals surface area contributed by atoms with E-state index in [-0.39, 0.29) is 87.9 Å². The average molecular weight is 593 g/mol. The van der Waals surface area contributed by atoms with Gasteiger partial charge in [0.2, 0.25) is 20.0 Å². The molecule has 0 radical (unpaired) electrons. The highest BCUT2D eigenvalue weighted by atomic mass is 32.2. The van der Waals surface area contributed by atoms with Crippen LogP contribution in [0.1, 0.15) is 27.7 Å². The second-order valence-corrected chi connectivity index (χ2v) is 14.4. The van der Waals surface area contributed by atoms with Crippen LogP contribution in [0.5, 0.6) is 0 Å². The molecule has 0 aromatic heterocycles. The van der Waals surface area contributed by atoms with Crippen molar-refractivity contribution < 1.29 is 31.5 Å². The Kier molecular flexibility index (Phi) is 7.63. The van der Waals surface area contributed by atoms with Crippen molar-refractivity contribution in [3.05, 3.63) is 41.3 Å². The molecule has 0 bridgehead atoms. The van der Waals surface area contributed by atoms with Gasteiger partial charge in [0.25, 0.3) is 0 Å². The summed E-state index contributed by atoms with van der Waals surface area (Å²) < 4.78 is 68.1. The number of fused-ring (bicyclic) bond motifs is 2. The molecule has 14 heteroatoms. The summed E-state index contributed by atoms with van der Waals surface area (Å²) in [6.07, 6.45) is -1.12. The Morgan fingerprint density at radius 3 is 1.57 bits per heavy atom. The predicted octanol–water partition coefficient (Wildman–Crippen LogP) is 3.79. The molecule has 12 nitrogen and oxygen atoms in total. The molecule has 2 fully saturated rings. The Balaban J connectivity index is 1.65. The molecule has 40 heavy (non-hydrogen) atoms. The number of anilines is 1. The maximum absolute atomic E-state index is 13.5. The second kappa shape index (κ2) is 10.6. The highest BCUT2D eigenvalue weighted by Gasteiger charge is 2.34. The fraction of sp³-hybridized carbons (Fsp3) is 0.462. The van der Waals surface area contributed by atoms with E-state index in [9.17, 15) is 26.9 Å². The topological polar surface area (TPSA) is 155 Å². The molecule has 2 N–H and O–H groups in total. The van der Waals surface area contributed by atoms with E-state index in [1.807, 2.05) is 0 Å². The lowest BCUT2D eigenvalue weighted by Gasteiger charge is -2.34. The average Bonchev–Trinajstić information content (AvgIpc) is 2.89. The van der Waals surface area contributed by atoms with E-state index in [1.54, 1.807) is 27.7 Å². The van der Waals surface area contributed by atoms with Gasteiger partial charge in [-0.05, 0) is 57.1 Å². The zero-order valence-corrected chi connectivity index (χ0v) is 24.2. The molecule has 2 aliphatic heterocycles. The van der Waals surface area contributed by atoms with Gasteiger partial charge in [-0.1, -0.05) is 12.1 Å². The molecule has 2 saturated heterocycles. The third-order valence-corrected chi connectivity index (χ3v) is 10.9. The molecule has 0 aliphatic carbocycles. The number of hydrogen-bond acceptors (Lipinski definition) is 10. The quantitative estimate of drug-likeness (QED) is 0.247. The minimum atomic E-state index is -3.93. The summed E-state index contributed by atoms with van der Waals surface area (Å²) in [6, 6.07) is 8.41. The van der Waals surface area contributed by atoms with E-state index in [0.29, 0.717) is 5.39 Å². The van der Waals surface area contributed by atoms with Gasteiger partial charge in [-0.3, -0.25) is 10.7 Å². The van der Waals surface area contributed by atoms with Gasteiger partial charge in [-0.2, -0.15) is 8.61 Å². The largest absolute Gasteiger partial charge is 0.373 e. The third-order valence-electron chi connectivity index (χ3n) is 7.28. The molecule has 3 aromatic rings. The SMILES string of the molecule is CC1CN(S(=O)(=O)c2ccc3c(NO)c4cc(S(=O)(=O)N5CC(C)OC(C)C5)ccc4c(N=O)c3c2)CC(C)O1. The van der Waals surface area contributed by atoms with Gasteiger partial charge in [-0.25, -0.2) is 16.8 Å². The number of morpholine rings is 2. The lowest BCUT2D eigenvalue weighted by molar-refractivity contribution is -0.0442. The van der Waals surface area contributed by atoms with E-state index < -0.39 is 20.0 Å². The summed E-state index contributed by atoms with van der Waals surface area (Å²) in [5, 5.41) is 14.3. The number of hydrogen-bond donors (Lipinski definition) is 2. The number of sulfonamides is 2. The van der Waals surface area contributed by atoms with Gasteiger partial charge in [-0.15, -0.1) is 4.91 Å². The highest BCUT2D eigenvalue weighted by Crippen LogP contribution is 2.43. The Hall–Kier alpha value is -2.72. The van der Waals surface area contributed by atoms with E-state index in [0.717, 1.165) is 0 Å². The van der Waals surface area contributed by atoms with Crippen molar-refractivity contribution in [1.82, 2.24) is 8.61 Å². The van der Waals surface area contributed by atoms with E-state index in [1.165, 1.54) is 45.0 Å². The minimum Gasteiger partial charge on any atom is -0.373 e. The zero-order valence-electron chi connectivity index (χ0n) is 22.6. The molecule has 2 heterocycles. The van der Waals surface area contributed by atoms with Crippen LogP contribution in [-0.4, -0.2) is 81.2 Å². The predicted molar refractivity (Wildman–Crippen MR) is 150 cm³/mol. The van der Waals surface area contributed by atoms with E-state index in [4.69, 9.17) is 9.47 Å². The molecule has 3 aromatic carbocycles. The summed E-state index contributed by atoms with van der Waals surface area (Å²) in [4.78, 5) is 12.1. The molecule has 2 aliphatic rings. The Bertz CT molecular complexity index is 1680. The summed E-state index contributed by atoms with van der Waals surface area (Å²) in [7, 11) is -7.86. The van der Waals surface area contributed by atoms with E-state index >= 15 is 0 Å². The number of nitroso groups, excluding NO2 is 1. The van der Waals surface area contributed by atoms with Crippen LogP contribution in [0.4, 0.5) is 11.4 Å². The number of benzene rings is 3. The Morgan fingerprint density at radius 1 is 0.725 bits per heavy atom. The number of rotatable bonds is 6. The first kappa shape index (κ1) is 28.8. The van der Waals surface area contributed by atoms with Crippen LogP contribution in [-0.2, 0) is 29.5 Å². The van der Waals surface area contributed by atoms with Crippen LogP contribution in [0.25, 0.3) is 21.5 Å².